The van der Waals surface area contributed by atoms with E-state index in [0.717, 1.165) is 94.3 Å². The Hall–Kier alpha value is -6.89. The molecule has 10 aromatic rings. The first-order valence-corrected chi connectivity index (χ1v) is 18.2. The standard InChI is InChI=1S/C47H29N5S/c1-3-11-30(12-4-1)34-15-9-17-36(27-34)43-29-42(49-47(50-43)37-18-10-16-35(28-37)31-13-5-2-6-14-31)32-21-23-33(24-22-32)45-39-25-26-41-46(52-53-51-41)44(39)38-19-7-8-20-40(38)48-45/h1-29H. The molecule has 0 aliphatic heterocycles. The second kappa shape index (κ2) is 13.0. The fourth-order valence-corrected chi connectivity index (χ4v) is 7.68. The molecule has 6 heteroatoms. The van der Waals surface area contributed by atoms with Gasteiger partial charge in [0.15, 0.2) is 5.82 Å². The topological polar surface area (TPSA) is 64.5 Å². The predicted octanol–water partition coefficient (Wildman–Crippen LogP) is 12.2. The van der Waals surface area contributed by atoms with Crippen LogP contribution in [0.3, 0.4) is 0 Å². The van der Waals surface area contributed by atoms with Crippen LogP contribution in [0.5, 0.6) is 0 Å². The van der Waals surface area contributed by atoms with Crippen molar-refractivity contribution in [3.63, 3.8) is 0 Å². The van der Waals surface area contributed by atoms with E-state index in [9.17, 15) is 0 Å². The van der Waals surface area contributed by atoms with Crippen molar-refractivity contribution in [3.05, 3.63) is 176 Å². The van der Waals surface area contributed by atoms with Gasteiger partial charge in [0.05, 0.1) is 34.3 Å². The molecule has 7 aromatic carbocycles. The van der Waals surface area contributed by atoms with Crippen LogP contribution in [-0.2, 0) is 0 Å². The van der Waals surface area contributed by atoms with Crippen molar-refractivity contribution in [2.45, 2.75) is 0 Å². The third kappa shape index (κ3) is 5.72. The molecule has 0 aliphatic carbocycles. The van der Waals surface area contributed by atoms with Gasteiger partial charge in [-0.15, -0.1) is 0 Å². The highest BCUT2D eigenvalue weighted by Gasteiger charge is 2.17. The normalized spacial score (nSPS) is 11.4. The van der Waals surface area contributed by atoms with Crippen LogP contribution in [0.25, 0.3) is 100 Å². The number of rotatable bonds is 6. The Balaban J connectivity index is 1.11. The van der Waals surface area contributed by atoms with E-state index in [4.69, 9.17) is 15.0 Å². The summed E-state index contributed by atoms with van der Waals surface area (Å²) in [6.07, 6.45) is 0. The van der Waals surface area contributed by atoms with Gasteiger partial charge in [-0.1, -0.05) is 140 Å². The summed E-state index contributed by atoms with van der Waals surface area (Å²) in [4.78, 5) is 15.6. The molecule has 53 heavy (non-hydrogen) atoms. The van der Waals surface area contributed by atoms with Gasteiger partial charge in [-0.05, 0) is 58.7 Å². The molecule has 0 fully saturated rings. The quantitative estimate of drug-likeness (QED) is 0.162. The maximum Gasteiger partial charge on any atom is 0.160 e. The van der Waals surface area contributed by atoms with E-state index in [1.165, 1.54) is 11.7 Å². The van der Waals surface area contributed by atoms with Gasteiger partial charge in [-0.3, -0.25) is 0 Å². The predicted molar refractivity (Wildman–Crippen MR) is 218 cm³/mol. The minimum Gasteiger partial charge on any atom is -0.247 e. The second-order valence-corrected chi connectivity index (χ2v) is 13.6. The van der Waals surface area contributed by atoms with E-state index in [-0.39, 0.29) is 0 Å². The molecule has 0 saturated heterocycles. The Bertz CT molecular complexity index is 2840. The average molecular weight is 696 g/mol. The Morgan fingerprint density at radius 3 is 1.66 bits per heavy atom. The number of pyridine rings is 1. The van der Waals surface area contributed by atoms with Crippen molar-refractivity contribution in [1.82, 2.24) is 23.7 Å². The van der Waals surface area contributed by atoms with Crippen LogP contribution in [-0.4, -0.2) is 23.7 Å². The van der Waals surface area contributed by atoms with Crippen LogP contribution in [0.4, 0.5) is 0 Å². The first kappa shape index (κ1) is 30.9. The summed E-state index contributed by atoms with van der Waals surface area (Å²) in [5.41, 5.74) is 13.9. The van der Waals surface area contributed by atoms with Crippen LogP contribution in [0, 0.1) is 0 Å². The first-order chi connectivity index (χ1) is 26.2. The van der Waals surface area contributed by atoms with Gasteiger partial charge in [0.1, 0.15) is 11.0 Å². The number of hydrogen-bond acceptors (Lipinski definition) is 6. The average Bonchev–Trinajstić information content (AvgIpc) is 3.73. The first-order valence-electron chi connectivity index (χ1n) is 17.5. The Morgan fingerprint density at radius 1 is 0.340 bits per heavy atom. The molecule has 3 heterocycles. The largest absolute Gasteiger partial charge is 0.247 e. The summed E-state index contributed by atoms with van der Waals surface area (Å²) in [5, 5.41) is 3.22. The minimum atomic E-state index is 0.674. The van der Waals surface area contributed by atoms with E-state index in [1.807, 2.05) is 24.3 Å². The summed E-state index contributed by atoms with van der Waals surface area (Å²) < 4.78 is 9.21. The summed E-state index contributed by atoms with van der Waals surface area (Å²) >= 11 is 1.24. The maximum atomic E-state index is 5.20. The molecule has 5 nitrogen and oxygen atoms in total. The zero-order valence-corrected chi connectivity index (χ0v) is 29.2. The van der Waals surface area contributed by atoms with Crippen molar-refractivity contribution in [3.8, 4) is 67.4 Å². The minimum absolute atomic E-state index is 0.674. The van der Waals surface area contributed by atoms with Crippen LogP contribution >= 0.6 is 11.7 Å². The van der Waals surface area contributed by atoms with Crippen molar-refractivity contribution in [2.75, 3.05) is 0 Å². The third-order valence-electron chi connectivity index (χ3n) is 9.76. The molecule has 0 spiro atoms. The van der Waals surface area contributed by atoms with Gasteiger partial charge in [0.2, 0.25) is 0 Å². The molecule has 0 radical (unpaired) electrons. The van der Waals surface area contributed by atoms with Crippen molar-refractivity contribution < 1.29 is 0 Å². The Labute approximate surface area is 310 Å². The highest BCUT2D eigenvalue weighted by Crippen LogP contribution is 2.38. The van der Waals surface area contributed by atoms with Crippen molar-refractivity contribution in [1.29, 1.82) is 0 Å². The van der Waals surface area contributed by atoms with Crippen LogP contribution < -0.4 is 0 Å². The highest BCUT2D eigenvalue weighted by molar-refractivity contribution is 7.00. The van der Waals surface area contributed by atoms with E-state index >= 15 is 0 Å². The summed E-state index contributed by atoms with van der Waals surface area (Å²) in [6, 6.07) is 61.0. The fraction of sp³-hybridized carbons (Fsp3) is 0. The molecule has 0 bridgehead atoms. The lowest BCUT2D eigenvalue weighted by atomic mass is 9.97. The van der Waals surface area contributed by atoms with Crippen molar-refractivity contribution >= 4 is 44.4 Å². The molecular weight excluding hydrogens is 667 g/mol. The molecule has 0 amide bonds. The van der Waals surface area contributed by atoms with Gasteiger partial charge < -0.3 is 0 Å². The number of fused-ring (bicyclic) bond motifs is 5. The van der Waals surface area contributed by atoms with Crippen LogP contribution in [0.2, 0.25) is 0 Å². The molecule has 0 saturated carbocycles. The Kier molecular flexibility index (Phi) is 7.59. The molecule has 0 unspecified atom stereocenters. The number of hydrogen-bond donors (Lipinski definition) is 0. The third-order valence-corrected chi connectivity index (χ3v) is 10.3. The number of benzene rings is 7. The second-order valence-electron chi connectivity index (χ2n) is 13.0. The van der Waals surface area contributed by atoms with Gasteiger partial charge >= 0.3 is 0 Å². The number of aromatic nitrogens is 5. The zero-order chi connectivity index (χ0) is 35.1. The molecule has 0 N–H and O–H groups in total. The van der Waals surface area contributed by atoms with Gasteiger partial charge in [-0.2, -0.15) is 8.75 Å². The summed E-state index contributed by atoms with van der Waals surface area (Å²) in [7, 11) is 0. The number of para-hydroxylation sites is 1. The van der Waals surface area contributed by atoms with Crippen LogP contribution in [0.15, 0.2) is 176 Å². The van der Waals surface area contributed by atoms with E-state index in [1.54, 1.807) is 0 Å². The van der Waals surface area contributed by atoms with Gasteiger partial charge in [0, 0.05) is 38.4 Å². The van der Waals surface area contributed by atoms with Gasteiger partial charge in [0.25, 0.3) is 0 Å². The van der Waals surface area contributed by atoms with Crippen LogP contribution in [0.1, 0.15) is 0 Å². The van der Waals surface area contributed by atoms with Gasteiger partial charge in [-0.25, -0.2) is 15.0 Å². The maximum absolute atomic E-state index is 5.20. The summed E-state index contributed by atoms with van der Waals surface area (Å²) in [6.45, 7) is 0. The molecule has 248 valence electrons. The lowest BCUT2D eigenvalue weighted by Gasteiger charge is -2.13. The lowest BCUT2D eigenvalue weighted by Crippen LogP contribution is -1.97. The van der Waals surface area contributed by atoms with E-state index in [2.05, 4.69) is 160 Å². The fourth-order valence-electron chi connectivity index (χ4n) is 7.13. The monoisotopic (exact) mass is 695 g/mol. The SMILES string of the molecule is c1ccc(-c2cccc(-c3cc(-c4ccc(-c5nc6ccccc6c6c5ccc5nsnc56)cc4)nc(-c4cccc(-c5ccccc5)c4)n3)c2)cc1. The Morgan fingerprint density at radius 2 is 0.925 bits per heavy atom. The molecule has 10 rings (SSSR count). The molecular formula is C47H29N5S. The zero-order valence-electron chi connectivity index (χ0n) is 28.4. The van der Waals surface area contributed by atoms with E-state index in [0.29, 0.717) is 5.82 Å². The molecule has 3 aromatic heterocycles. The highest BCUT2D eigenvalue weighted by atomic mass is 32.1. The molecule has 0 atom stereocenters. The number of nitrogens with zero attached hydrogens (tertiary/aromatic N) is 5. The summed E-state index contributed by atoms with van der Waals surface area (Å²) in [5.74, 6) is 0.674. The smallest absolute Gasteiger partial charge is 0.160 e. The molecule has 0 aliphatic rings. The van der Waals surface area contributed by atoms with Crippen molar-refractivity contribution in [2.24, 2.45) is 0 Å². The lowest BCUT2D eigenvalue weighted by molar-refractivity contribution is 1.18. The van der Waals surface area contributed by atoms with E-state index < -0.39 is 0 Å².